The van der Waals surface area contributed by atoms with Crippen molar-refractivity contribution in [3.8, 4) is 17.0 Å². The number of methoxy groups -OCH3 is 1. The number of rotatable bonds is 3. The molecule has 2 heterocycles. The van der Waals surface area contributed by atoms with Gasteiger partial charge in [0.05, 0.1) is 18.4 Å². The van der Waals surface area contributed by atoms with Crippen LogP contribution in [0, 0.1) is 0 Å². The number of aromatic carboxylic acids is 1. The molecule has 0 atom stereocenters. The average Bonchev–Trinajstić information content (AvgIpc) is 2.90. The van der Waals surface area contributed by atoms with Gasteiger partial charge in [-0.3, -0.25) is 0 Å². The number of carboxylic acid groups (broad SMARTS) is 1. The quantitative estimate of drug-likeness (QED) is 0.793. The summed E-state index contributed by atoms with van der Waals surface area (Å²) >= 11 is 0. The molecule has 100 valence electrons. The molecule has 0 bridgehead atoms. The van der Waals surface area contributed by atoms with Gasteiger partial charge in [0.25, 0.3) is 0 Å². The topological polar surface area (TPSA) is 63.8 Å². The molecule has 0 amide bonds. The van der Waals surface area contributed by atoms with Crippen LogP contribution in [0.3, 0.4) is 0 Å². The van der Waals surface area contributed by atoms with Gasteiger partial charge in [-0.05, 0) is 24.3 Å². The number of ether oxygens (including phenoxy) is 1. The first-order valence-electron chi connectivity index (χ1n) is 6.04. The summed E-state index contributed by atoms with van der Waals surface area (Å²) in [6.45, 7) is 0. The SMILES string of the molecule is COc1cccc(-c2cn3cc(C(=O)O)ccc3n2)c1. The van der Waals surface area contributed by atoms with Crippen molar-refractivity contribution in [2.75, 3.05) is 7.11 Å². The van der Waals surface area contributed by atoms with E-state index in [2.05, 4.69) is 4.98 Å². The molecule has 3 rings (SSSR count). The third kappa shape index (κ3) is 2.09. The minimum absolute atomic E-state index is 0.229. The van der Waals surface area contributed by atoms with E-state index in [1.54, 1.807) is 36.0 Å². The van der Waals surface area contributed by atoms with E-state index >= 15 is 0 Å². The molecule has 0 saturated heterocycles. The highest BCUT2D eigenvalue weighted by Gasteiger charge is 2.08. The van der Waals surface area contributed by atoms with Gasteiger partial charge < -0.3 is 14.2 Å². The Bertz CT molecular complexity index is 793. The normalized spacial score (nSPS) is 10.7. The van der Waals surface area contributed by atoms with Crippen molar-refractivity contribution in [1.29, 1.82) is 0 Å². The highest BCUT2D eigenvalue weighted by molar-refractivity contribution is 5.87. The number of hydrogen-bond acceptors (Lipinski definition) is 3. The molecule has 0 spiro atoms. The second-order valence-corrected chi connectivity index (χ2v) is 4.35. The Morgan fingerprint density at radius 2 is 2.10 bits per heavy atom. The average molecular weight is 268 g/mol. The molecule has 0 aliphatic rings. The summed E-state index contributed by atoms with van der Waals surface area (Å²) in [4.78, 5) is 15.4. The number of hydrogen-bond donors (Lipinski definition) is 1. The van der Waals surface area contributed by atoms with Gasteiger partial charge in [-0.2, -0.15) is 0 Å². The molecular weight excluding hydrogens is 256 g/mol. The van der Waals surface area contributed by atoms with Gasteiger partial charge in [0, 0.05) is 18.0 Å². The number of aromatic nitrogens is 2. The predicted octanol–water partition coefficient (Wildman–Crippen LogP) is 2.71. The maximum absolute atomic E-state index is 11.0. The van der Waals surface area contributed by atoms with Crippen LogP contribution in [-0.2, 0) is 0 Å². The van der Waals surface area contributed by atoms with Crippen molar-refractivity contribution in [2.24, 2.45) is 0 Å². The Morgan fingerprint density at radius 3 is 2.85 bits per heavy atom. The van der Waals surface area contributed by atoms with Crippen molar-refractivity contribution in [3.05, 3.63) is 54.4 Å². The Labute approximate surface area is 115 Å². The minimum Gasteiger partial charge on any atom is -0.497 e. The van der Waals surface area contributed by atoms with Crippen molar-refractivity contribution in [2.45, 2.75) is 0 Å². The fourth-order valence-electron chi connectivity index (χ4n) is 2.04. The van der Waals surface area contributed by atoms with Gasteiger partial charge in [0.1, 0.15) is 11.4 Å². The van der Waals surface area contributed by atoms with Crippen LogP contribution in [0.5, 0.6) is 5.75 Å². The predicted molar refractivity (Wildman–Crippen MR) is 74.1 cm³/mol. The summed E-state index contributed by atoms with van der Waals surface area (Å²) in [5, 5.41) is 8.99. The molecular formula is C15H12N2O3. The maximum Gasteiger partial charge on any atom is 0.337 e. The third-order valence-corrected chi connectivity index (χ3v) is 3.06. The van der Waals surface area contributed by atoms with Crippen LogP contribution >= 0.6 is 0 Å². The molecule has 0 unspecified atom stereocenters. The van der Waals surface area contributed by atoms with Gasteiger partial charge >= 0.3 is 5.97 Å². The molecule has 3 aromatic rings. The molecule has 0 aliphatic heterocycles. The largest absolute Gasteiger partial charge is 0.497 e. The zero-order valence-electron chi connectivity index (χ0n) is 10.8. The van der Waals surface area contributed by atoms with E-state index in [0.717, 1.165) is 17.0 Å². The lowest BCUT2D eigenvalue weighted by Crippen LogP contribution is -1.97. The van der Waals surface area contributed by atoms with Gasteiger partial charge in [-0.1, -0.05) is 12.1 Å². The summed E-state index contributed by atoms with van der Waals surface area (Å²) in [6, 6.07) is 10.8. The number of carbonyl (C=O) groups is 1. The lowest BCUT2D eigenvalue weighted by atomic mass is 10.1. The van der Waals surface area contributed by atoms with Crippen LogP contribution in [0.2, 0.25) is 0 Å². The Hall–Kier alpha value is -2.82. The highest BCUT2D eigenvalue weighted by atomic mass is 16.5. The monoisotopic (exact) mass is 268 g/mol. The summed E-state index contributed by atoms with van der Waals surface area (Å²) in [5.74, 6) is -0.200. The second kappa shape index (κ2) is 4.70. The third-order valence-electron chi connectivity index (χ3n) is 3.06. The summed E-state index contributed by atoms with van der Waals surface area (Å²) in [7, 11) is 1.61. The van der Waals surface area contributed by atoms with Crippen LogP contribution in [0.15, 0.2) is 48.8 Å². The smallest absolute Gasteiger partial charge is 0.337 e. The molecule has 5 heteroatoms. The summed E-state index contributed by atoms with van der Waals surface area (Å²) in [5.41, 5.74) is 2.62. The van der Waals surface area contributed by atoms with Gasteiger partial charge in [-0.15, -0.1) is 0 Å². The van der Waals surface area contributed by atoms with Gasteiger partial charge in [-0.25, -0.2) is 9.78 Å². The Balaban J connectivity index is 2.10. The van der Waals surface area contributed by atoms with Crippen molar-refractivity contribution in [3.63, 3.8) is 0 Å². The standard InChI is InChI=1S/C15H12N2O3/c1-20-12-4-2-3-10(7-12)13-9-17-8-11(15(18)19)5-6-14(17)16-13/h2-9H,1H3,(H,18,19). The van der Waals surface area contributed by atoms with Crippen LogP contribution in [-0.4, -0.2) is 27.6 Å². The number of pyridine rings is 1. The van der Waals surface area contributed by atoms with Gasteiger partial charge in [0.15, 0.2) is 0 Å². The molecule has 2 aromatic heterocycles. The molecule has 20 heavy (non-hydrogen) atoms. The first kappa shape index (κ1) is 12.2. The Morgan fingerprint density at radius 1 is 1.25 bits per heavy atom. The maximum atomic E-state index is 11.0. The van der Waals surface area contributed by atoms with E-state index in [1.165, 1.54) is 0 Å². The van der Waals surface area contributed by atoms with Gasteiger partial charge in [0.2, 0.25) is 0 Å². The highest BCUT2D eigenvalue weighted by Crippen LogP contribution is 2.23. The molecule has 1 N–H and O–H groups in total. The van der Waals surface area contributed by atoms with Crippen LogP contribution < -0.4 is 4.74 Å². The van der Waals surface area contributed by atoms with E-state index in [1.807, 2.05) is 24.3 Å². The fraction of sp³-hybridized carbons (Fsp3) is 0.0667. The van der Waals surface area contributed by atoms with E-state index in [9.17, 15) is 4.79 Å². The molecule has 0 radical (unpaired) electrons. The first-order valence-corrected chi connectivity index (χ1v) is 6.04. The molecule has 0 fully saturated rings. The Kier molecular flexibility index (Phi) is 2.87. The lowest BCUT2D eigenvalue weighted by molar-refractivity contribution is 0.0696. The molecule has 0 saturated carbocycles. The second-order valence-electron chi connectivity index (χ2n) is 4.35. The zero-order chi connectivity index (χ0) is 14.1. The van der Waals surface area contributed by atoms with E-state index in [0.29, 0.717) is 5.65 Å². The first-order chi connectivity index (χ1) is 9.67. The number of imidazole rings is 1. The van der Waals surface area contributed by atoms with Crippen molar-refractivity contribution < 1.29 is 14.6 Å². The number of benzene rings is 1. The van der Waals surface area contributed by atoms with E-state index in [4.69, 9.17) is 9.84 Å². The van der Waals surface area contributed by atoms with Crippen molar-refractivity contribution >= 4 is 11.6 Å². The minimum atomic E-state index is -0.955. The van der Waals surface area contributed by atoms with E-state index < -0.39 is 5.97 Å². The van der Waals surface area contributed by atoms with Crippen LogP contribution in [0.1, 0.15) is 10.4 Å². The molecule has 5 nitrogen and oxygen atoms in total. The fourth-order valence-corrected chi connectivity index (χ4v) is 2.04. The number of carboxylic acids is 1. The van der Waals surface area contributed by atoms with Crippen LogP contribution in [0.25, 0.3) is 16.9 Å². The summed E-state index contributed by atoms with van der Waals surface area (Å²) < 4.78 is 6.90. The zero-order valence-corrected chi connectivity index (χ0v) is 10.8. The van der Waals surface area contributed by atoms with E-state index in [-0.39, 0.29) is 5.56 Å². The molecule has 0 aliphatic carbocycles. The van der Waals surface area contributed by atoms with Crippen LogP contribution in [0.4, 0.5) is 0 Å². The summed E-state index contributed by atoms with van der Waals surface area (Å²) in [6.07, 6.45) is 3.35. The van der Waals surface area contributed by atoms with Crippen molar-refractivity contribution in [1.82, 2.24) is 9.38 Å². The molecule has 1 aromatic carbocycles. The number of fused-ring (bicyclic) bond motifs is 1. The lowest BCUT2D eigenvalue weighted by Gasteiger charge is -2.00. The number of nitrogens with zero attached hydrogens (tertiary/aromatic N) is 2.